The number of hydrogen-bond acceptors (Lipinski definition) is 5. The molecule has 0 spiro atoms. The second kappa shape index (κ2) is 10.7. The summed E-state index contributed by atoms with van der Waals surface area (Å²) in [6.45, 7) is 10.3. The average molecular weight is 259 g/mol. The van der Waals surface area contributed by atoms with Gasteiger partial charge in [0.2, 0.25) is 0 Å². The van der Waals surface area contributed by atoms with Crippen LogP contribution >= 0.6 is 0 Å². The maximum atomic E-state index is 5.40. The molecule has 0 saturated carbocycles. The minimum Gasteiger partial charge on any atom is -0.382 e. The van der Waals surface area contributed by atoms with Crippen molar-refractivity contribution in [3.8, 4) is 0 Å². The second-order valence-corrected chi connectivity index (χ2v) is 4.85. The number of hydrogen-bond donors (Lipinski definition) is 1. The molecule has 0 bridgehead atoms. The number of piperazine rings is 1. The van der Waals surface area contributed by atoms with Crippen LogP contribution in [0.15, 0.2) is 0 Å². The molecular weight excluding hydrogens is 230 g/mol. The Morgan fingerprint density at radius 2 is 1.78 bits per heavy atom. The lowest BCUT2D eigenvalue weighted by Gasteiger charge is -2.32. The van der Waals surface area contributed by atoms with E-state index in [2.05, 4.69) is 22.2 Å². The van der Waals surface area contributed by atoms with Crippen LogP contribution in [-0.2, 0) is 9.47 Å². The molecule has 1 fully saturated rings. The van der Waals surface area contributed by atoms with Gasteiger partial charge in [0.25, 0.3) is 0 Å². The number of nitrogens with one attached hydrogen (secondary N) is 1. The van der Waals surface area contributed by atoms with Crippen molar-refractivity contribution < 1.29 is 9.47 Å². The molecule has 5 nitrogen and oxygen atoms in total. The van der Waals surface area contributed by atoms with Gasteiger partial charge < -0.3 is 19.7 Å². The fourth-order valence-corrected chi connectivity index (χ4v) is 1.98. The summed E-state index contributed by atoms with van der Waals surface area (Å²) in [5.74, 6) is 0. The summed E-state index contributed by atoms with van der Waals surface area (Å²) in [7, 11) is 3.89. The van der Waals surface area contributed by atoms with Crippen molar-refractivity contribution in [1.29, 1.82) is 0 Å². The summed E-state index contributed by atoms with van der Waals surface area (Å²) >= 11 is 0. The molecule has 108 valence electrons. The lowest BCUT2D eigenvalue weighted by Crippen LogP contribution is -2.46. The predicted octanol–water partition coefficient (Wildman–Crippen LogP) is -0.123. The van der Waals surface area contributed by atoms with Crippen LogP contribution in [0.2, 0.25) is 0 Å². The van der Waals surface area contributed by atoms with E-state index >= 15 is 0 Å². The van der Waals surface area contributed by atoms with Crippen molar-refractivity contribution in [1.82, 2.24) is 15.1 Å². The molecule has 0 radical (unpaired) electrons. The van der Waals surface area contributed by atoms with E-state index in [1.807, 2.05) is 0 Å². The standard InChI is InChI=1S/C13H29N3O2/c1-15-7-9-16(10-8-15)6-5-14-4-3-11-18-13-12-17-2/h14H,3-13H2,1-2H3. The maximum absolute atomic E-state index is 5.40. The van der Waals surface area contributed by atoms with Crippen LogP contribution in [0.4, 0.5) is 0 Å². The van der Waals surface area contributed by atoms with Crippen LogP contribution in [0, 0.1) is 0 Å². The van der Waals surface area contributed by atoms with Crippen LogP contribution in [-0.4, -0.2) is 89.6 Å². The van der Waals surface area contributed by atoms with E-state index in [0.29, 0.717) is 13.2 Å². The number of likely N-dealkylation sites (N-methyl/N-ethyl adjacent to an activating group) is 1. The van der Waals surface area contributed by atoms with Crippen LogP contribution in [0.5, 0.6) is 0 Å². The summed E-state index contributed by atoms with van der Waals surface area (Å²) in [5.41, 5.74) is 0. The van der Waals surface area contributed by atoms with Gasteiger partial charge in [0.05, 0.1) is 13.2 Å². The van der Waals surface area contributed by atoms with Crippen LogP contribution in [0.1, 0.15) is 6.42 Å². The third kappa shape index (κ3) is 8.00. The van der Waals surface area contributed by atoms with Gasteiger partial charge in [0.1, 0.15) is 0 Å². The third-order valence-corrected chi connectivity index (χ3v) is 3.27. The molecule has 1 aliphatic heterocycles. The highest BCUT2D eigenvalue weighted by Gasteiger charge is 2.12. The Morgan fingerprint density at radius 3 is 2.50 bits per heavy atom. The third-order valence-electron chi connectivity index (χ3n) is 3.27. The molecule has 1 rings (SSSR count). The minimum absolute atomic E-state index is 0.691. The highest BCUT2D eigenvalue weighted by molar-refractivity contribution is 4.69. The van der Waals surface area contributed by atoms with Crippen molar-refractivity contribution >= 4 is 0 Å². The molecule has 0 aromatic rings. The molecule has 0 aliphatic carbocycles. The number of rotatable bonds is 10. The summed E-state index contributed by atoms with van der Waals surface area (Å²) < 4.78 is 10.3. The zero-order valence-corrected chi connectivity index (χ0v) is 12.0. The molecule has 0 amide bonds. The van der Waals surface area contributed by atoms with E-state index in [9.17, 15) is 0 Å². The number of nitrogens with zero attached hydrogens (tertiary/aromatic N) is 2. The van der Waals surface area contributed by atoms with Gasteiger partial charge in [0, 0.05) is 53.0 Å². The minimum atomic E-state index is 0.691. The molecule has 1 saturated heterocycles. The van der Waals surface area contributed by atoms with Crippen LogP contribution in [0.25, 0.3) is 0 Å². The van der Waals surface area contributed by atoms with Crippen LogP contribution in [0.3, 0.4) is 0 Å². The summed E-state index contributed by atoms with van der Waals surface area (Å²) in [5, 5.41) is 3.47. The van der Waals surface area contributed by atoms with Crippen molar-refractivity contribution in [2.45, 2.75) is 6.42 Å². The molecule has 1 heterocycles. The van der Waals surface area contributed by atoms with E-state index in [1.165, 1.54) is 32.7 Å². The van der Waals surface area contributed by atoms with Gasteiger partial charge in [-0.1, -0.05) is 0 Å². The molecule has 0 unspecified atom stereocenters. The molecule has 1 aliphatic rings. The molecule has 0 atom stereocenters. The first-order chi connectivity index (χ1) is 8.83. The molecule has 18 heavy (non-hydrogen) atoms. The fraction of sp³-hybridized carbons (Fsp3) is 1.00. The summed E-state index contributed by atoms with van der Waals surface area (Å²) in [6.07, 6.45) is 1.08. The molecule has 0 aromatic heterocycles. The molecule has 0 aromatic carbocycles. The highest BCUT2D eigenvalue weighted by Crippen LogP contribution is 1.97. The maximum Gasteiger partial charge on any atom is 0.0700 e. The van der Waals surface area contributed by atoms with E-state index < -0.39 is 0 Å². The second-order valence-electron chi connectivity index (χ2n) is 4.85. The predicted molar refractivity (Wildman–Crippen MR) is 74.1 cm³/mol. The first-order valence-corrected chi connectivity index (χ1v) is 7.01. The topological polar surface area (TPSA) is 37.0 Å². The highest BCUT2D eigenvalue weighted by atomic mass is 16.5. The first-order valence-electron chi connectivity index (χ1n) is 7.01. The number of methoxy groups -OCH3 is 1. The monoisotopic (exact) mass is 259 g/mol. The zero-order valence-electron chi connectivity index (χ0n) is 12.0. The van der Waals surface area contributed by atoms with Gasteiger partial charge in [-0.15, -0.1) is 0 Å². The lowest BCUT2D eigenvalue weighted by molar-refractivity contribution is 0.0694. The van der Waals surface area contributed by atoms with Gasteiger partial charge in [0.15, 0.2) is 0 Å². The fourth-order valence-electron chi connectivity index (χ4n) is 1.98. The lowest BCUT2D eigenvalue weighted by atomic mass is 10.3. The Labute approximate surface area is 111 Å². The Morgan fingerprint density at radius 1 is 1.00 bits per heavy atom. The van der Waals surface area contributed by atoms with E-state index in [1.54, 1.807) is 7.11 Å². The zero-order chi connectivity index (χ0) is 13.1. The van der Waals surface area contributed by atoms with Gasteiger partial charge in [-0.3, -0.25) is 4.90 Å². The summed E-state index contributed by atoms with van der Waals surface area (Å²) in [4.78, 5) is 4.92. The largest absolute Gasteiger partial charge is 0.382 e. The van der Waals surface area contributed by atoms with Gasteiger partial charge in [-0.2, -0.15) is 0 Å². The van der Waals surface area contributed by atoms with E-state index in [0.717, 1.165) is 26.1 Å². The van der Waals surface area contributed by atoms with Crippen molar-refractivity contribution in [2.75, 3.05) is 79.8 Å². The quantitative estimate of drug-likeness (QED) is 0.554. The Hall–Kier alpha value is -0.200. The normalized spacial score (nSPS) is 18.3. The van der Waals surface area contributed by atoms with Gasteiger partial charge in [-0.25, -0.2) is 0 Å². The number of ether oxygens (including phenoxy) is 2. The van der Waals surface area contributed by atoms with Gasteiger partial charge in [-0.05, 0) is 20.0 Å². The van der Waals surface area contributed by atoms with Crippen molar-refractivity contribution in [2.24, 2.45) is 0 Å². The van der Waals surface area contributed by atoms with E-state index in [-0.39, 0.29) is 0 Å². The molecule has 1 N–H and O–H groups in total. The van der Waals surface area contributed by atoms with Crippen molar-refractivity contribution in [3.05, 3.63) is 0 Å². The van der Waals surface area contributed by atoms with Gasteiger partial charge >= 0.3 is 0 Å². The Balaban J connectivity index is 1.78. The molecular formula is C13H29N3O2. The molecule has 5 heteroatoms. The van der Waals surface area contributed by atoms with Crippen LogP contribution < -0.4 is 5.32 Å². The Bertz CT molecular complexity index is 185. The van der Waals surface area contributed by atoms with Crippen molar-refractivity contribution in [3.63, 3.8) is 0 Å². The first kappa shape index (κ1) is 15.9. The smallest absolute Gasteiger partial charge is 0.0700 e. The SMILES string of the molecule is COCCOCCCNCCN1CCN(C)CC1. The average Bonchev–Trinajstić information content (AvgIpc) is 2.39. The van der Waals surface area contributed by atoms with E-state index in [4.69, 9.17) is 9.47 Å². The Kier molecular flexibility index (Phi) is 9.42. The summed E-state index contributed by atoms with van der Waals surface area (Å²) in [6, 6.07) is 0.